The molecule has 0 rings (SSSR count). The van der Waals surface area contributed by atoms with Gasteiger partial charge in [0.2, 0.25) is 0 Å². The van der Waals surface area contributed by atoms with Crippen molar-refractivity contribution in [2.24, 2.45) is 0 Å². The Morgan fingerprint density at radius 2 is 1.10 bits per heavy atom. The van der Waals surface area contributed by atoms with E-state index in [-0.39, 0.29) is 60.0 Å². The van der Waals surface area contributed by atoms with E-state index in [0.29, 0.717) is 13.2 Å². The van der Waals surface area contributed by atoms with E-state index in [1.165, 1.54) is 13.8 Å². The van der Waals surface area contributed by atoms with Gasteiger partial charge in [0, 0.05) is 0 Å². The maximum absolute atomic E-state index is 8.68. The molecule has 0 aliphatic heterocycles. The molecule has 0 radical (unpaired) electrons. The Kier molecular flexibility index (Phi) is 32.0. The molecule has 122 valence electrons. The SMILES string of the molecule is CCOC(=[OH+])/C=C(/C)O.CCOC(=[OH+])/C=C(/C)O.[CH3-].[CH3-].[Ti+2]. The van der Waals surface area contributed by atoms with Crippen LogP contribution in [-0.4, -0.2) is 45.0 Å². The zero-order valence-electron chi connectivity index (χ0n) is 13.7. The Balaban J connectivity index is -0.0000000711. The maximum Gasteiger partial charge on any atom is 2.00 e. The fourth-order valence-electron chi connectivity index (χ4n) is 0.736. The molecule has 0 aromatic carbocycles. The van der Waals surface area contributed by atoms with Gasteiger partial charge < -0.3 is 44.1 Å². The summed E-state index contributed by atoms with van der Waals surface area (Å²) in [4.78, 5) is 17.4. The number of aliphatic hydroxyl groups excluding tert-OH is 2. The van der Waals surface area contributed by atoms with Crippen LogP contribution < -0.4 is 0 Å². The van der Waals surface area contributed by atoms with E-state index in [4.69, 9.17) is 19.8 Å². The van der Waals surface area contributed by atoms with E-state index < -0.39 is 0 Å². The summed E-state index contributed by atoms with van der Waals surface area (Å²) < 4.78 is 9.18. The average Bonchev–Trinajstić information content (AvgIpc) is 2.16. The Labute approximate surface area is 142 Å². The van der Waals surface area contributed by atoms with Gasteiger partial charge in [0.05, 0.1) is 0 Å². The standard InChI is InChI=1S/2C6H10O3.2CH3.Ti/c2*1-3-9-6(8)4-5(2)7;;;/h2*4,7H,3H2,1-2H3;2*1H3;/q;;2*-1;+2/p+2/b2*5-4-;;;. The molecular weight excluding hydrogens is 312 g/mol. The maximum atomic E-state index is 8.68. The number of allylic oxidation sites excluding steroid dienone is 2. The minimum atomic E-state index is -0.252. The predicted molar refractivity (Wildman–Crippen MR) is 82.7 cm³/mol. The number of aliphatic hydroxyl groups is 2. The Hall–Kier alpha value is -1.27. The van der Waals surface area contributed by atoms with Crippen molar-refractivity contribution in [3.05, 3.63) is 38.5 Å². The minimum Gasteiger partial charge on any atom is -0.512 e. The molecular formula is C14H28O6Ti+2. The van der Waals surface area contributed by atoms with Crippen LogP contribution in [0, 0.1) is 14.9 Å². The van der Waals surface area contributed by atoms with Crippen LogP contribution in [0.4, 0.5) is 0 Å². The first kappa shape index (κ1) is 31.9. The van der Waals surface area contributed by atoms with Gasteiger partial charge in [-0.1, -0.05) is 0 Å². The normalized spacial score (nSPS) is 9.52. The van der Waals surface area contributed by atoms with Crippen LogP contribution in [0.15, 0.2) is 23.7 Å². The van der Waals surface area contributed by atoms with Crippen molar-refractivity contribution < 1.29 is 51.0 Å². The summed E-state index contributed by atoms with van der Waals surface area (Å²) in [6.07, 6.45) is 2.28. The molecule has 0 atom stereocenters. The number of esters is 2. The predicted octanol–water partition coefficient (Wildman–Crippen LogP) is 2.87. The Morgan fingerprint density at radius 1 is 0.857 bits per heavy atom. The smallest absolute Gasteiger partial charge is 0.512 e. The molecule has 0 aliphatic rings. The molecule has 0 aromatic rings. The molecule has 0 unspecified atom stereocenters. The molecule has 4 N–H and O–H groups in total. The third-order valence-corrected chi connectivity index (χ3v) is 1.25. The van der Waals surface area contributed by atoms with E-state index >= 15 is 0 Å². The second-order valence-electron chi connectivity index (χ2n) is 3.11. The number of carbonyl (C=O) groups excluding carboxylic acids is 2. The van der Waals surface area contributed by atoms with Gasteiger partial charge in [-0.25, -0.2) is 0 Å². The quantitative estimate of drug-likeness (QED) is 0.205. The van der Waals surface area contributed by atoms with E-state index in [1.807, 2.05) is 0 Å². The van der Waals surface area contributed by atoms with Crippen LogP contribution in [0.2, 0.25) is 0 Å². The summed E-state index contributed by atoms with van der Waals surface area (Å²) in [6, 6.07) is 0. The van der Waals surface area contributed by atoms with Gasteiger partial charge in [0.15, 0.2) is 13.2 Å². The first-order valence-electron chi connectivity index (χ1n) is 5.45. The molecule has 0 spiro atoms. The topological polar surface area (TPSA) is 102 Å². The molecule has 0 amide bonds. The van der Waals surface area contributed by atoms with Gasteiger partial charge >= 0.3 is 33.7 Å². The van der Waals surface area contributed by atoms with Gasteiger partial charge in [-0.15, -0.1) is 0 Å². The molecule has 0 aliphatic carbocycles. The zero-order valence-corrected chi connectivity index (χ0v) is 15.2. The molecule has 0 aromatic heterocycles. The largest absolute Gasteiger partial charge is 2.00 e. The number of hydrogen-bond acceptors (Lipinski definition) is 4. The number of ether oxygens (including phenoxy) is 2. The van der Waals surface area contributed by atoms with Crippen LogP contribution in [-0.2, 0) is 31.2 Å². The first-order chi connectivity index (χ1) is 8.33. The van der Waals surface area contributed by atoms with Crippen LogP contribution in [0.25, 0.3) is 0 Å². The first-order valence-corrected chi connectivity index (χ1v) is 5.45. The van der Waals surface area contributed by atoms with E-state index in [2.05, 4.69) is 9.47 Å². The summed E-state index contributed by atoms with van der Waals surface area (Å²) in [5.41, 5.74) is 0. The molecule has 6 nitrogen and oxygen atoms in total. The number of rotatable bonds is 4. The van der Waals surface area contributed by atoms with Gasteiger partial charge in [0.1, 0.15) is 23.7 Å². The summed E-state index contributed by atoms with van der Waals surface area (Å²) in [5.74, 6) is -0.447. The van der Waals surface area contributed by atoms with E-state index in [0.717, 1.165) is 12.2 Å². The Morgan fingerprint density at radius 3 is 1.24 bits per heavy atom. The third kappa shape index (κ3) is 32.4. The second kappa shape index (κ2) is 21.0. The summed E-state index contributed by atoms with van der Waals surface area (Å²) in [6.45, 7) is 7.20. The molecule has 0 heterocycles. The van der Waals surface area contributed by atoms with Crippen molar-refractivity contribution in [1.82, 2.24) is 0 Å². The molecule has 0 saturated heterocycles. The zero-order chi connectivity index (χ0) is 14.6. The Bertz CT molecular complexity index is 283. The van der Waals surface area contributed by atoms with E-state index in [9.17, 15) is 0 Å². The molecule has 0 bridgehead atoms. The van der Waals surface area contributed by atoms with Crippen LogP contribution in [0.5, 0.6) is 0 Å². The van der Waals surface area contributed by atoms with Crippen molar-refractivity contribution in [2.45, 2.75) is 27.7 Å². The average molecular weight is 340 g/mol. The summed E-state index contributed by atoms with van der Waals surface area (Å²) in [5, 5.41) is 17.1. The molecule has 0 saturated carbocycles. The molecule has 21 heavy (non-hydrogen) atoms. The van der Waals surface area contributed by atoms with E-state index in [1.54, 1.807) is 13.8 Å². The molecule has 0 fully saturated rings. The van der Waals surface area contributed by atoms with Gasteiger partial charge in [-0.2, -0.15) is 0 Å². The third-order valence-electron chi connectivity index (χ3n) is 1.25. The van der Waals surface area contributed by atoms with Crippen LogP contribution >= 0.6 is 0 Å². The summed E-state index contributed by atoms with van der Waals surface area (Å²) >= 11 is 0. The fourth-order valence-corrected chi connectivity index (χ4v) is 0.736. The fraction of sp³-hybridized carbons (Fsp3) is 0.429. The minimum absolute atomic E-state index is 0. The number of hydrogen-bond donors (Lipinski definition) is 2. The summed E-state index contributed by atoms with van der Waals surface area (Å²) in [7, 11) is 0. The van der Waals surface area contributed by atoms with Gasteiger partial charge in [0.25, 0.3) is 0 Å². The molecule has 7 heteroatoms. The van der Waals surface area contributed by atoms with Crippen molar-refractivity contribution in [2.75, 3.05) is 13.2 Å². The van der Waals surface area contributed by atoms with Crippen molar-refractivity contribution in [3.63, 3.8) is 0 Å². The van der Waals surface area contributed by atoms with Crippen molar-refractivity contribution in [3.8, 4) is 0 Å². The second-order valence-corrected chi connectivity index (χ2v) is 3.11. The van der Waals surface area contributed by atoms with Crippen molar-refractivity contribution >= 4 is 11.9 Å². The van der Waals surface area contributed by atoms with Crippen molar-refractivity contribution in [1.29, 1.82) is 0 Å². The van der Waals surface area contributed by atoms with Gasteiger partial charge in [-0.3, -0.25) is 0 Å². The van der Waals surface area contributed by atoms with Crippen LogP contribution in [0.1, 0.15) is 27.7 Å². The van der Waals surface area contributed by atoms with Gasteiger partial charge in [-0.05, 0) is 27.7 Å². The van der Waals surface area contributed by atoms with Crippen LogP contribution in [0.3, 0.4) is 0 Å². The monoisotopic (exact) mass is 340 g/mol.